The van der Waals surface area contributed by atoms with Crippen molar-refractivity contribution in [2.45, 2.75) is 171 Å². The number of carbonyl (C=O) groups is 3. The molecule has 4 aromatic rings. The molecule has 0 saturated carbocycles. The fourth-order valence-corrected chi connectivity index (χ4v) is 10.8. The van der Waals surface area contributed by atoms with E-state index in [0.717, 1.165) is 92.4 Å². The van der Waals surface area contributed by atoms with Crippen molar-refractivity contribution in [2.75, 3.05) is 20.8 Å². The molecular weight excluding hydrogens is 947 g/mol. The molecule has 398 valence electrons. The summed E-state index contributed by atoms with van der Waals surface area (Å²) in [5, 5.41) is 3.14. The number of aromatic nitrogens is 4. The van der Waals surface area contributed by atoms with Crippen molar-refractivity contribution < 1.29 is 28.6 Å². The number of hydrogen-bond acceptors (Lipinski definition) is 8. The van der Waals surface area contributed by atoms with Crippen LogP contribution in [0.2, 0.25) is 0 Å². The number of aryl methyl sites for hydroxylation is 3. The summed E-state index contributed by atoms with van der Waals surface area (Å²) in [6, 6.07) is 13.7. The molecule has 12 heteroatoms. The average molecular weight is 1030 g/mol. The van der Waals surface area contributed by atoms with Gasteiger partial charge in [-0.05, 0) is 135 Å². The SMILES string of the molecule is C=Cc1c(C)c2cc3nc(c(CC(=O)OC)c4nc(cc5[nH]c(cc1[nH]2)c(C)c5CC)C(C)=C4C(=O)NCc1ccc(OC)cc1)C(CCC(=O)OC/C=C(\C)CCCC(C)CCCC(C)CCCC(C)C)C3C.[Mg+2]. The molecule has 4 unspecified atom stereocenters. The molecule has 4 atom stereocenters. The predicted octanol–water partition coefficient (Wildman–Crippen LogP) is 14.3. The van der Waals surface area contributed by atoms with Crippen LogP contribution in [0.4, 0.5) is 0 Å². The Morgan fingerprint density at radius 2 is 1.45 bits per heavy atom. The molecule has 0 aliphatic carbocycles. The van der Waals surface area contributed by atoms with Crippen molar-refractivity contribution in [3.63, 3.8) is 0 Å². The molecular formula is C63H85MgN5O6+2. The second kappa shape index (κ2) is 28.6. The Balaban J connectivity index is 0.0000104. The number of hydrogen-bond donors (Lipinski definition) is 3. The number of ether oxygens (including phenoxy) is 3. The van der Waals surface area contributed by atoms with Crippen LogP contribution in [0, 0.1) is 31.6 Å². The normalized spacial score (nSPS) is 15.3. The molecule has 0 radical (unpaired) electrons. The molecule has 3 aromatic heterocycles. The predicted molar refractivity (Wildman–Crippen MR) is 309 cm³/mol. The van der Waals surface area contributed by atoms with Crippen molar-refractivity contribution in [1.29, 1.82) is 0 Å². The monoisotopic (exact) mass is 1030 g/mol. The van der Waals surface area contributed by atoms with Gasteiger partial charge in [0.2, 0.25) is 0 Å². The van der Waals surface area contributed by atoms with Gasteiger partial charge in [0.1, 0.15) is 12.4 Å². The van der Waals surface area contributed by atoms with E-state index in [1.54, 1.807) is 7.11 Å². The van der Waals surface area contributed by atoms with Crippen LogP contribution in [0.5, 0.6) is 5.75 Å². The zero-order valence-electron chi connectivity index (χ0n) is 47.4. The van der Waals surface area contributed by atoms with Gasteiger partial charge in [-0.25, -0.2) is 4.98 Å². The van der Waals surface area contributed by atoms with Crippen molar-refractivity contribution in [3.8, 4) is 5.75 Å². The minimum absolute atomic E-state index is 0. The molecule has 2 aliphatic rings. The third kappa shape index (κ3) is 15.8. The quantitative estimate of drug-likeness (QED) is 0.0338. The topological polar surface area (TPSA) is 148 Å². The van der Waals surface area contributed by atoms with E-state index in [0.29, 0.717) is 46.1 Å². The van der Waals surface area contributed by atoms with Gasteiger partial charge in [-0.1, -0.05) is 117 Å². The van der Waals surface area contributed by atoms with Crippen LogP contribution in [-0.4, -0.2) is 81.7 Å². The third-order valence-electron chi connectivity index (χ3n) is 15.6. The maximum atomic E-state index is 14.7. The molecule has 6 rings (SSSR count). The van der Waals surface area contributed by atoms with Gasteiger partial charge in [0.25, 0.3) is 5.91 Å². The minimum atomic E-state index is -0.501. The van der Waals surface area contributed by atoms with Crippen LogP contribution in [0.25, 0.3) is 39.3 Å². The van der Waals surface area contributed by atoms with Crippen molar-refractivity contribution in [1.82, 2.24) is 25.3 Å². The molecule has 0 spiro atoms. The number of carbonyl (C=O) groups excluding carboxylic acids is 3. The maximum Gasteiger partial charge on any atom is 2.00 e. The Kier molecular flexibility index (Phi) is 23.0. The fourth-order valence-electron chi connectivity index (χ4n) is 10.8. The molecule has 8 bridgehead atoms. The van der Waals surface area contributed by atoms with Crippen LogP contribution in [0.15, 0.2) is 60.7 Å². The summed E-state index contributed by atoms with van der Waals surface area (Å²) < 4.78 is 16.6. The Morgan fingerprint density at radius 3 is 2.09 bits per heavy atom. The number of methoxy groups -OCH3 is 2. The van der Waals surface area contributed by atoms with Crippen molar-refractivity contribution in [3.05, 3.63) is 117 Å². The third-order valence-corrected chi connectivity index (χ3v) is 15.6. The number of nitrogens with one attached hydrogen (secondary N) is 3. The Labute approximate surface area is 463 Å². The summed E-state index contributed by atoms with van der Waals surface area (Å²) >= 11 is 0. The number of rotatable bonds is 25. The van der Waals surface area contributed by atoms with Gasteiger partial charge in [-0.15, -0.1) is 0 Å². The maximum absolute atomic E-state index is 14.7. The standard InChI is InChI=1S/C63H85N5O6.Mg/c1-14-48-42(8)52-34-54-44(10)50(29-30-58(69)74-32-31-41(7)24-18-23-40(6)22-17-21-39(5)20-16-19-38(3)4)61(67-54)51(33-59(70)73-13)62-60(63(71)64-37-46-25-27-47(72-12)28-26-46)45(11)55(68-62)36-57-49(15-2)43(9)53(66-57)35-56(48)65-52;/h14,25-28,31,34-36,38-40,44,50,65-66H,1,15-24,29-30,32-33,37H2,2-13H3,(H,64,71);/q;+2/b41-31+,52-34?,53-35?,54-34?,55-36?,56-35?,57-36?,61-51?,62-51?;. The molecule has 75 heavy (non-hydrogen) atoms. The molecule has 0 saturated heterocycles. The first-order valence-electron chi connectivity index (χ1n) is 27.4. The van der Waals surface area contributed by atoms with Gasteiger partial charge in [-0.2, -0.15) is 0 Å². The molecule has 1 amide bonds. The summed E-state index contributed by atoms with van der Waals surface area (Å²) in [5.41, 5.74) is 13.7. The second-order valence-corrected chi connectivity index (χ2v) is 21.6. The fraction of sp³-hybridized carbons (Fsp3) is 0.508. The number of H-pyrrole nitrogens is 2. The van der Waals surface area contributed by atoms with Gasteiger partial charge in [0.05, 0.1) is 43.3 Å². The number of fused-ring (bicyclic) bond motifs is 8. The van der Waals surface area contributed by atoms with Gasteiger partial charge < -0.3 is 29.5 Å². The Morgan fingerprint density at radius 1 is 0.800 bits per heavy atom. The van der Waals surface area contributed by atoms with Gasteiger partial charge in [0, 0.05) is 63.7 Å². The minimum Gasteiger partial charge on any atom is -0.497 e. The average Bonchev–Trinajstić information content (AvgIpc) is 4.06. The number of esters is 2. The van der Waals surface area contributed by atoms with E-state index in [-0.39, 0.29) is 72.8 Å². The summed E-state index contributed by atoms with van der Waals surface area (Å²) in [6.07, 6.45) is 16.2. The van der Waals surface area contributed by atoms with Crippen LogP contribution in [0.3, 0.4) is 0 Å². The number of aromatic amines is 2. The summed E-state index contributed by atoms with van der Waals surface area (Å²) in [7, 11) is 2.97. The first kappa shape index (κ1) is 60.4. The summed E-state index contributed by atoms with van der Waals surface area (Å²) in [5.74, 6) is 1.34. The van der Waals surface area contributed by atoms with E-state index in [4.69, 9.17) is 24.2 Å². The zero-order valence-corrected chi connectivity index (χ0v) is 48.9. The Hall–Kier alpha value is -5.46. The van der Waals surface area contributed by atoms with E-state index in [1.807, 2.05) is 49.4 Å². The van der Waals surface area contributed by atoms with Crippen LogP contribution in [-0.2, 0) is 43.2 Å². The number of nitrogens with zero attached hydrogens (tertiary/aromatic N) is 2. The summed E-state index contributed by atoms with van der Waals surface area (Å²) in [6.45, 7) is 26.5. The molecule has 11 nitrogen and oxygen atoms in total. The van der Waals surface area contributed by atoms with Gasteiger partial charge in [-0.3, -0.25) is 19.4 Å². The zero-order chi connectivity index (χ0) is 53.6. The first-order valence-corrected chi connectivity index (χ1v) is 27.4. The van der Waals surface area contributed by atoms with Crippen molar-refractivity contribution >= 4 is 80.2 Å². The second-order valence-electron chi connectivity index (χ2n) is 21.6. The number of amides is 1. The van der Waals surface area contributed by atoms with Crippen LogP contribution in [0.1, 0.15) is 194 Å². The van der Waals surface area contributed by atoms with E-state index in [9.17, 15) is 14.4 Å². The number of benzene rings is 1. The van der Waals surface area contributed by atoms with Crippen LogP contribution >= 0.6 is 0 Å². The van der Waals surface area contributed by atoms with E-state index in [2.05, 4.69) is 96.3 Å². The van der Waals surface area contributed by atoms with Crippen molar-refractivity contribution in [2.24, 2.45) is 17.8 Å². The Bertz CT molecular complexity index is 2870. The molecule has 2 aliphatic heterocycles. The smallest absolute Gasteiger partial charge is 0.497 e. The van der Waals surface area contributed by atoms with E-state index >= 15 is 0 Å². The summed E-state index contributed by atoms with van der Waals surface area (Å²) in [4.78, 5) is 60.0. The first-order chi connectivity index (χ1) is 35.5. The van der Waals surface area contributed by atoms with E-state index < -0.39 is 5.97 Å². The largest absolute Gasteiger partial charge is 2.00 e. The van der Waals surface area contributed by atoms with Gasteiger partial charge >= 0.3 is 35.0 Å². The van der Waals surface area contributed by atoms with Crippen LogP contribution < -0.4 is 10.1 Å². The molecule has 3 N–H and O–H groups in total. The van der Waals surface area contributed by atoms with Gasteiger partial charge in [0.15, 0.2) is 0 Å². The van der Waals surface area contributed by atoms with E-state index in [1.165, 1.54) is 57.6 Å². The number of allylic oxidation sites excluding steroid dienone is 2. The molecule has 0 fully saturated rings. The molecule has 1 aromatic carbocycles. The molecule has 5 heterocycles.